The Morgan fingerprint density at radius 3 is 2.67 bits per heavy atom. The Bertz CT molecular complexity index is 548. The van der Waals surface area contributed by atoms with Gasteiger partial charge in [0.2, 0.25) is 0 Å². The summed E-state index contributed by atoms with van der Waals surface area (Å²) in [5.74, 6) is 0. The van der Waals surface area contributed by atoms with Crippen molar-refractivity contribution in [1.82, 2.24) is 9.78 Å². The lowest BCUT2D eigenvalue weighted by molar-refractivity contribution is 0.269. The molecule has 2 N–H and O–H groups in total. The third-order valence-electron chi connectivity index (χ3n) is 3.75. The zero-order chi connectivity index (χ0) is 15.3. The summed E-state index contributed by atoms with van der Waals surface area (Å²) in [5.41, 5.74) is 2.48. The van der Waals surface area contributed by atoms with E-state index in [0.717, 1.165) is 12.1 Å². The second-order valence-corrected chi connectivity index (χ2v) is 6.22. The van der Waals surface area contributed by atoms with Crippen LogP contribution >= 0.6 is 0 Å². The fourth-order valence-electron chi connectivity index (χ4n) is 2.77. The molecule has 21 heavy (non-hydrogen) atoms. The largest absolute Gasteiger partial charge is 0.394 e. The molecule has 4 nitrogen and oxygen atoms in total. The summed E-state index contributed by atoms with van der Waals surface area (Å²) < 4.78 is 1.75. The van der Waals surface area contributed by atoms with Crippen molar-refractivity contribution < 1.29 is 5.11 Å². The van der Waals surface area contributed by atoms with Gasteiger partial charge in [-0.3, -0.25) is 4.68 Å². The van der Waals surface area contributed by atoms with Gasteiger partial charge >= 0.3 is 0 Å². The molecule has 0 aliphatic heterocycles. The highest BCUT2D eigenvalue weighted by atomic mass is 16.3. The average Bonchev–Trinajstić information content (AvgIpc) is 2.87. The van der Waals surface area contributed by atoms with Crippen molar-refractivity contribution in [3.8, 4) is 0 Å². The summed E-state index contributed by atoms with van der Waals surface area (Å²) in [6, 6.07) is 10.9. The van der Waals surface area contributed by atoms with Gasteiger partial charge < -0.3 is 10.4 Å². The fraction of sp³-hybridized carbons (Fsp3) is 0.471. The van der Waals surface area contributed by atoms with Gasteiger partial charge in [-0.1, -0.05) is 44.2 Å². The van der Waals surface area contributed by atoms with Crippen molar-refractivity contribution in [3.05, 3.63) is 48.3 Å². The monoisotopic (exact) mass is 287 g/mol. The second kappa shape index (κ2) is 6.76. The van der Waals surface area contributed by atoms with Crippen LogP contribution in [0.15, 0.2) is 42.7 Å². The Kier molecular flexibility index (Phi) is 5.02. The van der Waals surface area contributed by atoms with Crippen LogP contribution in [0.25, 0.3) is 0 Å². The Hall–Kier alpha value is -1.81. The Morgan fingerprint density at radius 1 is 1.29 bits per heavy atom. The van der Waals surface area contributed by atoms with E-state index in [9.17, 15) is 0 Å². The molecule has 0 saturated carbocycles. The van der Waals surface area contributed by atoms with Gasteiger partial charge in [-0.05, 0) is 24.3 Å². The molecule has 1 unspecified atom stereocenters. The van der Waals surface area contributed by atoms with Crippen LogP contribution < -0.4 is 5.32 Å². The lowest BCUT2D eigenvalue weighted by Crippen LogP contribution is -2.27. The number of benzene rings is 1. The standard InChI is InChI=1S/C17H25N3O/c1-14(19-16-12-18-20(13-16)9-10-21)11-17(2,3)15-7-5-4-6-8-15/h4-8,12-14,19,21H,9-11H2,1-3H3. The van der Waals surface area contributed by atoms with E-state index in [2.05, 4.69) is 61.5 Å². The Morgan fingerprint density at radius 2 is 2.00 bits per heavy atom. The summed E-state index contributed by atoms with van der Waals surface area (Å²) in [4.78, 5) is 0. The van der Waals surface area contributed by atoms with Crippen molar-refractivity contribution in [3.63, 3.8) is 0 Å². The second-order valence-electron chi connectivity index (χ2n) is 6.22. The molecule has 0 radical (unpaired) electrons. The summed E-state index contributed by atoms with van der Waals surface area (Å²) in [6.45, 7) is 7.38. The summed E-state index contributed by atoms with van der Waals surface area (Å²) >= 11 is 0. The van der Waals surface area contributed by atoms with Crippen LogP contribution in [0.1, 0.15) is 32.8 Å². The number of nitrogens with one attached hydrogen (secondary N) is 1. The first-order valence-electron chi connectivity index (χ1n) is 7.46. The van der Waals surface area contributed by atoms with E-state index < -0.39 is 0 Å². The number of hydrogen-bond donors (Lipinski definition) is 2. The summed E-state index contributed by atoms with van der Waals surface area (Å²) in [5, 5.41) is 16.6. The van der Waals surface area contributed by atoms with Crippen molar-refractivity contribution >= 4 is 5.69 Å². The molecule has 0 aliphatic rings. The highest BCUT2D eigenvalue weighted by molar-refractivity contribution is 5.39. The molecule has 2 rings (SSSR count). The van der Waals surface area contributed by atoms with E-state index in [4.69, 9.17) is 5.11 Å². The molecule has 1 heterocycles. The Balaban J connectivity index is 1.95. The minimum atomic E-state index is 0.109. The zero-order valence-corrected chi connectivity index (χ0v) is 13.1. The predicted molar refractivity (Wildman–Crippen MR) is 86.5 cm³/mol. The van der Waals surface area contributed by atoms with Gasteiger partial charge in [0.25, 0.3) is 0 Å². The van der Waals surface area contributed by atoms with Crippen LogP contribution in [0.4, 0.5) is 5.69 Å². The number of aliphatic hydroxyl groups is 1. The van der Waals surface area contributed by atoms with E-state index in [1.165, 1.54) is 5.56 Å². The molecule has 114 valence electrons. The van der Waals surface area contributed by atoms with E-state index in [1.807, 2.05) is 12.4 Å². The molecular formula is C17H25N3O. The molecule has 2 aromatic rings. The molecule has 0 amide bonds. The molecule has 4 heteroatoms. The van der Waals surface area contributed by atoms with Crippen LogP contribution in [0.5, 0.6) is 0 Å². The number of aliphatic hydroxyl groups excluding tert-OH is 1. The maximum absolute atomic E-state index is 8.91. The fourth-order valence-corrected chi connectivity index (χ4v) is 2.77. The number of nitrogens with zero attached hydrogens (tertiary/aromatic N) is 2. The van der Waals surface area contributed by atoms with Gasteiger partial charge in [0.1, 0.15) is 0 Å². The maximum Gasteiger partial charge on any atom is 0.0728 e. The minimum absolute atomic E-state index is 0.109. The highest BCUT2D eigenvalue weighted by Gasteiger charge is 2.23. The van der Waals surface area contributed by atoms with Gasteiger partial charge in [-0.2, -0.15) is 5.10 Å². The minimum Gasteiger partial charge on any atom is -0.394 e. The number of anilines is 1. The first-order valence-corrected chi connectivity index (χ1v) is 7.46. The predicted octanol–water partition coefficient (Wildman–Crippen LogP) is 3.04. The first-order chi connectivity index (χ1) is 10.0. The van der Waals surface area contributed by atoms with Crippen molar-refractivity contribution in [2.24, 2.45) is 0 Å². The maximum atomic E-state index is 8.91. The molecule has 0 bridgehead atoms. The zero-order valence-electron chi connectivity index (χ0n) is 13.1. The normalized spacial score (nSPS) is 13.1. The highest BCUT2D eigenvalue weighted by Crippen LogP contribution is 2.29. The Labute approximate surface area is 126 Å². The average molecular weight is 287 g/mol. The lowest BCUT2D eigenvalue weighted by Gasteiger charge is -2.29. The van der Waals surface area contributed by atoms with Crippen LogP contribution in [-0.2, 0) is 12.0 Å². The van der Waals surface area contributed by atoms with Gasteiger partial charge in [-0.15, -0.1) is 0 Å². The molecule has 0 aliphatic carbocycles. The summed E-state index contributed by atoms with van der Waals surface area (Å²) in [7, 11) is 0. The SMILES string of the molecule is CC(CC(C)(C)c1ccccc1)Nc1cnn(CCO)c1. The first kappa shape index (κ1) is 15.6. The molecular weight excluding hydrogens is 262 g/mol. The topological polar surface area (TPSA) is 50.1 Å². The van der Waals surface area contributed by atoms with Crippen molar-refractivity contribution in [2.75, 3.05) is 11.9 Å². The summed E-state index contributed by atoms with van der Waals surface area (Å²) in [6.07, 6.45) is 4.77. The molecule has 1 aromatic carbocycles. The van der Waals surface area contributed by atoms with E-state index in [1.54, 1.807) is 4.68 Å². The van der Waals surface area contributed by atoms with Gasteiger partial charge in [-0.25, -0.2) is 0 Å². The van der Waals surface area contributed by atoms with E-state index >= 15 is 0 Å². The van der Waals surface area contributed by atoms with Crippen LogP contribution in [0.3, 0.4) is 0 Å². The quantitative estimate of drug-likeness (QED) is 0.823. The number of rotatable bonds is 7. The van der Waals surface area contributed by atoms with Gasteiger partial charge in [0.15, 0.2) is 0 Å². The molecule has 1 aromatic heterocycles. The lowest BCUT2D eigenvalue weighted by atomic mass is 9.79. The van der Waals surface area contributed by atoms with Crippen molar-refractivity contribution in [1.29, 1.82) is 0 Å². The van der Waals surface area contributed by atoms with Crippen molar-refractivity contribution in [2.45, 2.75) is 45.2 Å². The van der Waals surface area contributed by atoms with E-state index in [0.29, 0.717) is 12.6 Å². The van der Waals surface area contributed by atoms with Gasteiger partial charge in [0, 0.05) is 12.2 Å². The van der Waals surface area contributed by atoms with Crippen LogP contribution in [0, 0.1) is 0 Å². The molecule has 0 spiro atoms. The van der Waals surface area contributed by atoms with Crippen LogP contribution in [-0.4, -0.2) is 27.5 Å². The smallest absolute Gasteiger partial charge is 0.0728 e. The third-order valence-corrected chi connectivity index (χ3v) is 3.75. The third kappa shape index (κ3) is 4.33. The van der Waals surface area contributed by atoms with E-state index in [-0.39, 0.29) is 12.0 Å². The molecule has 0 fully saturated rings. The molecule has 1 atom stereocenters. The van der Waals surface area contributed by atoms with Gasteiger partial charge in [0.05, 0.1) is 25.0 Å². The number of aromatic nitrogens is 2. The number of hydrogen-bond acceptors (Lipinski definition) is 3. The molecule has 0 saturated heterocycles. The van der Waals surface area contributed by atoms with Crippen LogP contribution in [0.2, 0.25) is 0 Å².